The van der Waals surface area contributed by atoms with E-state index in [0.29, 0.717) is 5.56 Å². The molecule has 0 fully saturated rings. The number of hydrogen-bond donors (Lipinski definition) is 1. The van der Waals surface area contributed by atoms with Crippen molar-refractivity contribution < 1.29 is 4.39 Å². The average molecular weight is 253 g/mol. The van der Waals surface area contributed by atoms with Crippen molar-refractivity contribution in [3.8, 4) is 6.07 Å². The fourth-order valence-electron chi connectivity index (χ4n) is 1.78. The van der Waals surface area contributed by atoms with Gasteiger partial charge in [0.05, 0.1) is 11.3 Å². The van der Waals surface area contributed by atoms with Crippen LogP contribution in [0, 0.1) is 24.1 Å². The first kappa shape index (κ1) is 12.8. The second-order valence-corrected chi connectivity index (χ2v) is 4.12. The Morgan fingerprint density at radius 1 is 1.26 bits per heavy atom. The van der Waals surface area contributed by atoms with Crippen LogP contribution in [0.4, 0.5) is 4.39 Å². The highest BCUT2D eigenvalue weighted by Gasteiger charge is 2.12. The number of pyridine rings is 1. The minimum Gasteiger partial charge on any atom is -0.397 e. The molecule has 19 heavy (non-hydrogen) atoms. The molecule has 0 saturated heterocycles. The summed E-state index contributed by atoms with van der Waals surface area (Å²) in [5.74, 6) is -0.440. The van der Waals surface area contributed by atoms with Crippen LogP contribution in [0.2, 0.25) is 0 Å². The van der Waals surface area contributed by atoms with E-state index in [9.17, 15) is 9.65 Å². The molecule has 2 N–H and O–H groups in total. The lowest BCUT2D eigenvalue weighted by Gasteiger charge is -2.08. The number of rotatable bonds is 2. The molecule has 3 nitrogen and oxygen atoms in total. The molecule has 1 aromatic carbocycles. The maximum absolute atomic E-state index is 13.8. The molecule has 0 bridgehead atoms. The maximum atomic E-state index is 13.8. The second-order valence-electron chi connectivity index (χ2n) is 4.12. The Morgan fingerprint density at radius 3 is 2.58 bits per heavy atom. The number of nitrogens with two attached hydrogens (primary N) is 1. The molecular weight excluding hydrogens is 241 g/mol. The van der Waals surface area contributed by atoms with Crippen molar-refractivity contribution in [2.24, 2.45) is 5.73 Å². The number of allylic oxidation sites excluding steroid dienone is 1. The van der Waals surface area contributed by atoms with Crippen molar-refractivity contribution in [3.05, 3.63) is 65.2 Å². The lowest BCUT2D eigenvalue weighted by atomic mass is 10.0. The minimum absolute atomic E-state index is 0.134. The second kappa shape index (κ2) is 5.32. The highest BCUT2D eigenvalue weighted by Crippen LogP contribution is 2.24. The monoisotopic (exact) mass is 253 g/mol. The van der Waals surface area contributed by atoms with Crippen molar-refractivity contribution >= 4 is 11.3 Å². The first-order valence-electron chi connectivity index (χ1n) is 5.70. The van der Waals surface area contributed by atoms with Gasteiger partial charge in [0.25, 0.3) is 0 Å². The third-order valence-corrected chi connectivity index (χ3v) is 2.76. The van der Waals surface area contributed by atoms with Crippen LogP contribution in [0.15, 0.2) is 42.7 Å². The van der Waals surface area contributed by atoms with Crippen molar-refractivity contribution in [3.63, 3.8) is 0 Å². The van der Waals surface area contributed by atoms with Gasteiger partial charge < -0.3 is 5.73 Å². The third kappa shape index (κ3) is 2.61. The highest BCUT2D eigenvalue weighted by atomic mass is 19.1. The van der Waals surface area contributed by atoms with Crippen molar-refractivity contribution in [1.82, 2.24) is 4.98 Å². The van der Waals surface area contributed by atoms with Gasteiger partial charge in [0, 0.05) is 18.0 Å². The van der Waals surface area contributed by atoms with Crippen molar-refractivity contribution in [2.45, 2.75) is 6.92 Å². The number of aromatic nitrogens is 1. The van der Waals surface area contributed by atoms with Crippen LogP contribution in [0.3, 0.4) is 0 Å². The minimum atomic E-state index is -0.440. The van der Waals surface area contributed by atoms with Gasteiger partial charge in [-0.05, 0) is 36.8 Å². The molecule has 1 aromatic heterocycles. The number of nitriles is 1. The lowest BCUT2D eigenvalue weighted by Crippen LogP contribution is -2.03. The Hall–Kier alpha value is -2.67. The molecule has 0 amide bonds. The van der Waals surface area contributed by atoms with Gasteiger partial charge in [-0.3, -0.25) is 4.98 Å². The van der Waals surface area contributed by atoms with Crippen molar-refractivity contribution in [1.29, 1.82) is 5.26 Å². The topological polar surface area (TPSA) is 62.7 Å². The molecule has 4 heteroatoms. The van der Waals surface area contributed by atoms with E-state index >= 15 is 0 Å². The van der Waals surface area contributed by atoms with Crippen molar-refractivity contribution in [2.75, 3.05) is 0 Å². The van der Waals surface area contributed by atoms with Crippen LogP contribution in [0.1, 0.15) is 16.7 Å². The Morgan fingerprint density at radius 2 is 1.95 bits per heavy atom. The fraction of sp³-hybridized carbons (Fsp3) is 0.0667. The quantitative estimate of drug-likeness (QED) is 0.837. The SMILES string of the molecule is Cc1ccc(F)c(/C(N)=C(/C#N)c2ccncc2)c1. The summed E-state index contributed by atoms with van der Waals surface area (Å²) >= 11 is 0. The Labute approximate surface area is 110 Å². The van der Waals surface area contributed by atoms with Crippen LogP contribution in [-0.4, -0.2) is 4.98 Å². The van der Waals surface area contributed by atoms with Gasteiger partial charge in [-0.1, -0.05) is 11.6 Å². The van der Waals surface area contributed by atoms with Crippen LogP contribution in [0.25, 0.3) is 11.3 Å². The van der Waals surface area contributed by atoms with E-state index in [1.807, 2.05) is 13.0 Å². The van der Waals surface area contributed by atoms with Crippen LogP contribution in [0.5, 0.6) is 0 Å². The molecular formula is C15H12FN3. The summed E-state index contributed by atoms with van der Waals surface area (Å²) in [6.07, 6.45) is 3.12. The largest absolute Gasteiger partial charge is 0.397 e. The molecule has 0 unspecified atom stereocenters. The molecule has 2 rings (SSSR count). The first-order chi connectivity index (χ1) is 9.13. The van der Waals surface area contributed by atoms with Crippen LogP contribution < -0.4 is 5.73 Å². The molecule has 0 spiro atoms. The van der Waals surface area contributed by atoms with Gasteiger partial charge in [0.2, 0.25) is 0 Å². The summed E-state index contributed by atoms with van der Waals surface area (Å²) in [7, 11) is 0. The summed E-state index contributed by atoms with van der Waals surface area (Å²) in [5.41, 5.74) is 8.07. The van der Waals surface area contributed by atoms with Gasteiger partial charge in [-0.15, -0.1) is 0 Å². The first-order valence-corrected chi connectivity index (χ1v) is 5.70. The van der Waals surface area contributed by atoms with E-state index in [2.05, 4.69) is 4.98 Å². The standard InChI is InChI=1S/C15H12FN3/c1-10-2-3-14(16)12(8-10)15(18)13(9-17)11-4-6-19-7-5-11/h2-8H,18H2,1H3/b15-13+. The molecule has 0 aliphatic carbocycles. The molecule has 94 valence electrons. The molecule has 0 aliphatic rings. The maximum Gasteiger partial charge on any atom is 0.132 e. The predicted octanol–water partition coefficient (Wildman–Crippen LogP) is 2.88. The summed E-state index contributed by atoms with van der Waals surface area (Å²) in [4.78, 5) is 3.88. The number of hydrogen-bond acceptors (Lipinski definition) is 3. The summed E-state index contributed by atoms with van der Waals surface area (Å²) in [6.45, 7) is 1.84. The van der Waals surface area contributed by atoms with Gasteiger partial charge in [-0.25, -0.2) is 4.39 Å². The number of halogens is 1. The molecule has 2 aromatic rings. The Kier molecular flexibility index (Phi) is 3.58. The zero-order chi connectivity index (χ0) is 13.8. The molecule has 0 saturated carbocycles. The number of benzene rings is 1. The fourth-order valence-corrected chi connectivity index (χ4v) is 1.78. The number of aryl methyl sites for hydroxylation is 1. The van der Waals surface area contributed by atoms with E-state index < -0.39 is 5.82 Å². The summed E-state index contributed by atoms with van der Waals surface area (Å²) in [5, 5.41) is 9.24. The third-order valence-electron chi connectivity index (χ3n) is 2.76. The van der Waals surface area contributed by atoms with E-state index in [1.165, 1.54) is 6.07 Å². The van der Waals surface area contributed by atoms with Gasteiger partial charge in [0.1, 0.15) is 11.9 Å². The van der Waals surface area contributed by atoms with E-state index in [1.54, 1.807) is 36.7 Å². The summed E-state index contributed by atoms with van der Waals surface area (Å²) < 4.78 is 13.8. The zero-order valence-electron chi connectivity index (χ0n) is 10.4. The Balaban J connectivity index is 2.62. The van der Waals surface area contributed by atoms with Gasteiger partial charge >= 0.3 is 0 Å². The predicted molar refractivity (Wildman–Crippen MR) is 72.0 cm³/mol. The van der Waals surface area contributed by atoms with Gasteiger partial charge in [-0.2, -0.15) is 5.26 Å². The van der Waals surface area contributed by atoms with E-state index in [-0.39, 0.29) is 16.8 Å². The van der Waals surface area contributed by atoms with Crippen LogP contribution in [-0.2, 0) is 0 Å². The molecule has 0 radical (unpaired) electrons. The van der Waals surface area contributed by atoms with E-state index in [0.717, 1.165) is 5.56 Å². The van der Waals surface area contributed by atoms with Gasteiger partial charge in [0.15, 0.2) is 0 Å². The number of nitrogens with zero attached hydrogens (tertiary/aromatic N) is 2. The summed E-state index contributed by atoms with van der Waals surface area (Å²) in [6, 6.07) is 9.99. The highest BCUT2D eigenvalue weighted by molar-refractivity contribution is 5.96. The molecule has 1 heterocycles. The zero-order valence-corrected chi connectivity index (χ0v) is 10.4. The van der Waals surface area contributed by atoms with E-state index in [4.69, 9.17) is 5.73 Å². The molecule has 0 atom stereocenters. The average Bonchev–Trinajstić information content (AvgIpc) is 2.43. The molecule has 0 aliphatic heterocycles. The lowest BCUT2D eigenvalue weighted by molar-refractivity contribution is 0.623. The smallest absolute Gasteiger partial charge is 0.132 e. The Bertz CT molecular complexity index is 670. The van der Waals surface area contributed by atoms with Crippen LogP contribution >= 0.6 is 0 Å². The normalized spacial score (nSPS) is 11.6.